The van der Waals surface area contributed by atoms with Crippen LogP contribution < -0.4 is 4.74 Å². The van der Waals surface area contributed by atoms with Crippen molar-refractivity contribution in [2.75, 3.05) is 0 Å². The number of hydrogen-bond acceptors (Lipinski definition) is 3. The van der Waals surface area contributed by atoms with E-state index in [4.69, 9.17) is 21.4 Å². The van der Waals surface area contributed by atoms with E-state index < -0.39 is 11.9 Å². The number of carbonyl (C=O) groups excluding carboxylic acids is 1. The van der Waals surface area contributed by atoms with Crippen molar-refractivity contribution in [3.8, 4) is 5.75 Å². The van der Waals surface area contributed by atoms with Crippen molar-refractivity contribution >= 4 is 29.6 Å². The van der Waals surface area contributed by atoms with Crippen molar-refractivity contribution in [3.63, 3.8) is 0 Å². The zero-order chi connectivity index (χ0) is 17.0. The van der Waals surface area contributed by atoms with Crippen molar-refractivity contribution in [2.45, 2.75) is 13.8 Å². The molecule has 0 amide bonds. The quantitative estimate of drug-likeness (QED) is 0.516. The van der Waals surface area contributed by atoms with Crippen LogP contribution in [0.2, 0.25) is 5.02 Å². The molecule has 2 aromatic rings. The van der Waals surface area contributed by atoms with Gasteiger partial charge in [-0.05, 0) is 60.9 Å². The first-order valence-electron chi connectivity index (χ1n) is 6.87. The van der Waals surface area contributed by atoms with Crippen LogP contribution in [0.3, 0.4) is 0 Å². The fraction of sp³-hybridized carbons (Fsp3) is 0.111. The summed E-state index contributed by atoms with van der Waals surface area (Å²) in [5, 5.41) is 9.00. The van der Waals surface area contributed by atoms with Crippen molar-refractivity contribution in [1.29, 1.82) is 0 Å². The van der Waals surface area contributed by atoms with Gasteiger partial charge in [0.2, 0.25) is 0 Å². The van der Waals surface area contributed by atoms with E-state index in [2.05, 4.69) is 0 Å². The fourth-order valence-corrected chi connectivity index (χ4v) is 2.40. The molecule has 2 aromatic carbocycles. The normalized spacial score (nSPS) is 10.7. The molecule has 0 radical (unpaired) electrons. The standard InChI is InChI=1S/C18H15ClO4/c1-11-9-13(7-8-16(20)21)10-12(2)17(11)23-18(22)14-5-3-4-6-15(14)19/h3-10H,1-2H3,(H,20,21)/b8-7+. The summed E-state index contributed by atoms with van der Waals surface area (Å²) < 4.78 is 5.46. The first-order chi connectivity index (χ1) is 10.9. The molecule has 2 rings (SSSR count). The highest BCUT2D eigenvalue weighted by atomic mass is 35.5. The Morgan fingerprint density at radius 1 is 1.13 bits per heavy atom. The molecule has 0 saturated carbocycles. The van der Waals surface area contributed by atoms with Crippen molar-refractivity contribution in [2.24, 2.45) is 0 Å². The van der Waals surface area contributed by atoms with E-state index in [1.165, 1.54) is 6.08 Å². The second kappa shape index (κ2) is 7.11. The van der Waals surface area contributed by atoms with Crippen LogP contribution in [0.4, 0.5) is 0 Å². The molecule has 1 N–H and O–H groups in total. The van der Waals surface area contributed by atoms with Crippen molar-refractivity contribution < 1.29 is 19.4 Å². The van der Waals surface area contributed by atoms with Gasteiger partial charge in [-0.1, -0.05) is 23.7 Å². The minimum Gasteiger partial charge on any atom is -0.478 e. The third-order valence-electron chi connectivity index (χ3n) is 3.19. The van der Waals surface area contributed by atoms with Gasteiger partial charge in [0.15, 0.2) is 0 Å². The van der Waals surface area contributed by atoms with E-state index >= 15 is 0 Å². The summed E-state index contributed by atoms with van der Waals surface area (Å²) in [4.78, 5) is 22.8. The Morgan fingerprint density at radius 3 is 2.30 bits per heavy atom. The molecular weight excluding hydrogens is 316 g/mol. The molecule has 0 aliphatic carbocycles. The molecule has 5 heteroatoms. The van der Waals surface area contributed by atoms with Crippen LogP contribution in [0.1, 0.15) is 27.0 Å². The lowest BCUT2D eigenvalue weighted by atomic mass is 10.1. The van der Waals surface area contributed by atoms with E-state index in [1.54, 1.807) is 50.2 Å². The lowest BCUT2D eigenvalue weighted by molar-refractivity contribution is -0.131. The molecule has 0 aromatic heterocycles. The van der Waals surface area contributed by atoms with Gasteiger partial charge in [-0.3, -0.25) is 0 Å². The number of aryl methyl sites for hydroxylation is 2. The molecule has 0 spiro atoms. The number of ether oxygens (including phenoxy) is 1. The fourth-order valence-electron chi connectivity index (χ4n) is 2.18. The number of carbonyl (C=O) groups is 2. The number of rotatable bonds is 4. The summed E-state index contributed by atoms with van der Waals surface area (Å²) in [5.74, 6) is -1.10. The Morgan fingerprint density at radius 2 is 1.74 bits per heavy atom. The molecule has 0 aliphatic heterocycles. The van der Waals surface area contributed by atoms with Crippen LogP contribution in [0.25, 0.3) is 6.08 Å². The third kappa shape index (κ3) is 4.20. The van der Waals surface area contributed by atoms with Crippen LogP contribution in [-0.4, -0.2) is 17.0 Å². The number of carboxylic acids is 1. The largest absolute Gasteiger partial charge is 0.478 e. The summed E-state index contributed by atoms with van der Waals surface area (Å²) in [7, 11) is 0. The maximum atomic E-state index is 12.2. The van der Waals surface area contributed by atoms with Gasteiger partial charge in [0.05, 0.1) is 10.6 Å². The van der Waals surface area contributed by atoms with Gasteiger partial charge in [-0.15, -0.1) is 0 Å². The van der Waals surface area contributed by atoms with Gasteiger partial charge >= 0.3 is 11.9 Å². The van der Waals surface area contributed by atoms with Gasteiger partial charge in [-0.2, -0.15) is 0 Å². The number of esters is 1. The number of benzene rings is 2. The number of aliphatic carboxylic acids is 1. The van der Waals surface area contributed by atoms with Crippen LogP contribution in [0.5, 0.6) is 5.75 Å². The Balaban J connectivity index is 2.29. The van der Waals surface area contributed by atoms with Crippen LogP contribution in [0, 0.1) is 13.8 Å². The Labute approximate surface area is 139 Å². The minimum atomic E-state index is -1.02. The molecule has 23 heavy (non-hydrogen) atoms. The van der Waals surface area contributed by atoms with Gasteiger partial charge in [0.25, 0.3) is 0 Å². The maximum Gasteiger partial charge on any atom is 0.345 e. The molecule has 0 fully saturated rings. The molecule has 0 heterocycles. The predicted octanol–water partition coefficient (Wildman–Crippen LogP) is 4.27. The maximum absolute atomic E-state index is 12.2. The molecule has 0 saturated heterocycles. The Kier molecular flexibility index (Phi) is 5.19. The van der Waals surface area contributed by atoms with Crippen molar-refractivity contribution in [1.82, 2.24) is 0 Å². The summed E-state index contributed by atoms with van der Waals surface area (Å²) in [5.41, 5.74) is 2.48. The van der Waals surface area contributed by atoms with Gasteiger partial charge in [0.1, 0.15) is 5.75 Å². The Bertz CT molecular complexity index is 770. The van der Waals surface area contributed by atoms with E-state index in [-0.39, 0.29) is 0 Å². The molecule has 4 nitrogen and oxygen atoms in total. The van der Waals surface area contributed by atoms with Gasteiger partial charge < -0.3 is 9.84 Å². The Hall–Kier alpha value is -2.59. The molecule has 0 aliphatic rings. The molecule has 0 bridgehead atoms. The smallest absolute Gasteiger partial charge is 0.345 e. The number of hydrogen-bond donors (Lipinski definition) is 1. The summed E-state index contributed by atoms with van der Waals surface area (Å²) in [6, 6.07) is 10.2. The van der Waals surface area contributed by atoms with E-state index in [0.29, 0.717) is 16.3 Å². The first kappa shape index (κ1) is 16.8. The highest BCUT2D eigenvalue weighted by Gasteiger charge is 2.15. The lowest BCUT2D eigenvalue weighted by Crippen LogP contribution is -2.11. The SMILES string of the molecule is Cc1cc(/C=C/C(=O)O)cc(C)c1OC(=O)c1ccccc1Cl. The highest BCUT2D eigenvalue weighted by Crippen LogP contribution is 2.27. The summed E-state index contributed by atoms with van der Waals surface area (Å²) >= 11 is 6.00. The molecular formula is C18H15ClO4. The van der Waals surface area contributed by atoms with Crippen LogP contribution in [0.15, 0.2) is 42.5 Å². The molecule has 0 unspecified atom stereocenters. The predicted molar refractivity (Wildman–Crippen MR) is 89.0 cm³/mol. The monoisotopic (exact) mass is 330 g/mol. The summed E-state index contributed by atoms with van der Waals surface area (Å²) in [6.07, 6.45) is 2.55. The van der Waals surface area contributed by atoms with Crippen LogP contribution >= 0.6 is 11.6 Å². The third-order valence-corrected chi connectivity index (χ3v) is 3.52. The van der Waals surface area contributed by atoms with Gasteiger partial charge in [-0.25, -0.2) is 9.59 Å². The molecule has 0 atom stereocenters. The van der Waals surface area contributed by atoms with E-state index in [1.807, 2.05) is 0 Å². The second-order valence-electron chi connectivity index (χ2n) is 5.02. The van der Waals surface area contributed by atoms with E-state index in [0.717, 1.165) is 22.8 Å². The van der Waals surface area contributed by atoms with Crippen LogP contribution in [-0.2, 0) is 4.79 Å². The van der Waals surface area contributed by atoms with E-state index in [9.17, 15) is 9.59 Å². The lowest BCUT2D eigenvalue weighted by Gasteiger charge is -2.12. The summed E-state index contributed by atoms with van der Waals surface area (Å²) in [6.45, 7) is 3.58. The zero-order valence-corrected chi connectivity index (χ0v) is 13.4. The zero-order valence-electron chi connectivity index (χ0n) is 12.7. The second-order valence-corrected chi connectivity index (χ2v) is 5.43. The number of halogens is 1. The minimum absolute atomic E-state index is 0.294. The molecule has 118 valence electrons. The number of carboxylic acid groups (broad SMARTS) is 1. The first-order valence-corrected chi connectivity index (χ1v) is 7.25. The highest BCUT2D eigenvalue weighted by molar-refractivity contribution is 6.33. The topological polar surface area (TPSA) is 63.6 Å². The average molecular weight is 331 g/mol. The average Bonchev–Trinajstić information content (AvgIpc) is 2.49. The van der Waals surface area contributed by atoms with Gasteiger partial charge in [0, 0.05) is 6.08 Å². The van der Waals surface area contributed by atoms with Crippen molar-refractivity contribution in [3.05, 3.63) is 69.8 Å².